The van der Waals surface area contributed by atoms with Gasteiger partial charge in [-0.05, 0) is 62.6 Å². The number of rotatable bonds is 5. The molecule has 0 spiro atoms. The predicted molar refractivity (Wildman–Crippen MR) is 101 cm³/mol. The van der Waals surface area contributed by atoms with E-state index in [4.69, 9.17) is 0 Å². The van der Waals surface area contributed by atoms with Crippen LogP contribution in [0, 0.1) is 11.6 Å². The third-order valence-electron chi connectivity index (χ3n) is 4.55. The van der Waals surface area contributed by atoms with Crippen molar-refractivity contribution in [1.82, 2.24) is 0 Å². The summed E-state index contributed by atoms with van der Waals surface area (Å²) in [5, 5.41) is 5.49. The number of nitrogens with one attached hydrogen (secondary N) is 2. The number of piperidine rings is 1. The Bertz CT molecular complexity index is 758. The summed E-state index contributed by atoms with van der Waals surface area (Å²) in [6.07, 6.45) is 3.72. The Morgan fingerprint density at radius 1 is 1.04 bits per heavy atom. The summed E-state index contributed by atoms with van der Waals surface area (Å²) in [5.41, 5.74) is 1.81. The lowest BCUT2D eigenvalue weighted by Crippen LogP contribution is -2.32. The summed E-state index contributed by atoms with van der Waals surface area (Å²) in [7, 11) is 0. The first-order valence-electron chi connectivity index (χ1n) is 8.90. The number of anilines is 3. The van der Waals surface area contributed by atoms with E-state index in [2.05, 4.69) is 15.5 Å². The fourth-order valence-electron chi connectivity index (χ4n) is 3.07. The first-order chi connectivity index (χ1) is 12.5. The average molecular weight is 359 g/mol. The van der Waals surface area contributed by atoms with Gasteiger partial charge < -0.3 is 15.5 Å². The second-order valence-electron chi connectivity index (χ2n) is 6.57. The Morgan fingerprint density at radius 3 is 2.42 bits per heavy atom. The normalized spacial score (nSPS) is 15.4. The number of halogens is 2. The fourth-order valence-corrected chi connectivity index (χ4v) is 3.07. The van der Waals surface area contributed by atoms with Crippen LogP contribution in [0.2, 0.25) is 0 Å². The van der Waals surface area contributed by atoms with Gasteiger partial charge >= 0.3 is 0 Å². The van der Waals surface area contributed by atoms with Crippen LogP contribution in [0.25, 0.3) is 0 Å². The van der Waals surface area contributed by atoms with Gasteiger partial charge in [-0.2, -0.15) is 0 Å². The third-order valence-corrected chi connectivity index (χ3v) is 4.55. The SMILES string of the molecule is CC(Nc1ccc(N2CCCCC2)cc1)C(=O)Nc1cc(F)ccc1F. The molecule has 2 N–H and O–H groups in total. The highest BCUT2D eigenvalue weighted by atomic mass is 19.1. The van der Waals surface area contributed by atoms with Gasteiger partial charge in [-0.25, -0.2) is 8.78 Å². The summed E-state index contributed by atoms with van der Waals surface area (Å²) in [6.45, 7) is 3.82. The smallest absolute Gasteiger partial charge is 0.246 e. The lowest BCUT2D eigenvalue weighted by atomic mass is 10.1. The molecule has 1 aliphatic rings. The summed E-state index contributed by atoms with van der Waals surface area (Å²) in [6, 6.07) is 10.3. The van der Waals surface area contributed by atoms with Crippen molar-refractivity contribution in [1.29, 1.82) is 0 Å². The predicted octanol–water partition coefficient (Wildman–Crippen LogP) is 4.39. The molecule has 1 aliphatic heterocycles. The minimum absolute atomic E-state index is 0.163. The number of nitrogens with zero attached hydrogens (tertiary/aromatic N) is 1. The molecule has 2 aromatic carbocycles. The number of benzene rings is 2. The van der Waals surface area contributed by atoms with Crippen LogP contribution in [0.3, 0.4) is 0 Å². The first-order valence-corrected chi connectivity index (χ1v) is 8.90. The van der Waals surface area contributed by atoms with E-state index in [9.17, 15) is 13.6 Å². The number of carbonyl (C=O) groups is 1. The summed E-state index contributed by atoms with van der Waals surface area (Å²) in [5.74, 6) is -1.71. The lowest BCUT2D eigenvalue weighted by Gasteiger charge is -2.29. The number of amides is 1. The van der Waals surface area contributed by atoms with Crippen LogP contribution in [0.1, 0.15) is 26.2 Å². The lowest BCUT2D eigenvalue weighted by molar-refractivity contribution is -0.116. The van der Waals surface area contributed by atoms with E-state index >= 15 is 0 Å². The molecule has 3 rings (SSSR count). The monoisotopic (exact) mass is 359 g/mol. The molecule has 1 atom stereocenters. The van der Waals surface area contributed by atoms with Crippen LogP contribution in [-0.2, 0) is 4.79 Å². The molecule has 0 saturated carbocycles. The van der Waals surface area contributed by atoms with Crippen LogP contribution >= 0.6 is 0 Å². The minimum Gasteiger partial charge on any atom is -0.374 e. The van der Waals surface area contributed by atoms with E-state index in [1.807, 2.05) is 24.3 Å². The molecular formula is C20H23F2N3O. The maximum absolute atomic E-state index is 13.6. The number of hydrogen-bond donors (Lipinski definition) is 2. The topological polar surface area (TPSA) is 44.4 Å². The zero-order valence-electron chi connectivity index (χ0n) is 14.8. The molecule has 2 aromatic rings. The summed E-state index contributed by atoms with van der Waals surface area (Å²) >= 11 is 0. The van der Waals surface area contributed by atoms with Crippen molar-refractivity contribution in [3.05, 3.63) is 54.1 Å². The highest BCUT2D eigenvalue weighted by molar-refractivity contribution is 5.96. The Morgan fingerprint density at radius 2 is 1.73 bits per heavy atom. The van der Waals surface area contributed by atoms with Crippen LogP contribution < -0.4 is 15.5 Å². The van der Waals surface area contributed by atoms with Crippen molar-refractivity contribution in [2.75, 3.05) is 28.6 Å². The molecular weight excluding hydrogens is 336 g/mol. The Kier molecular flexibility index (Phi) is 5.71. The Hall–Kier alpha value is -2.63. The largest absolute Gasteiger partial charge is 0.374 e. The summed E-state index contributed by atoms with van der Waals surface area (Å²) in [4.78, 5) is 14.6. The van der Waals surface area contributed by atoms with Crippen LogP contribution in [0.5, 0.6) is 0 Å². The van der Waals surface area contributed by atoms with Crippen LogP contribution in [0.4, 0.5) is 25.8 Å². The highest BCUT2D eigenvalue weighted by Gasteiger charge is 2.16. The number of carbonyl (C=O) groups excluding carboxylic acids is 1. The molecule has 1 unspecified atom stereocenters. The van der Waals surface area contributed by atoms with E-state index in [0.29, 0.717) is 0 Å². The van der Waals surface area contributed by atoms with Gasteiger partial charge in [-0.3, -0.25) is 4.79 Å². The Balaban J connectivity index is 1.59. The molecule has 0 aromatic heterocycles. The standard InChI is InChI=1S/C20H23F2N3O/c1-14(20(26)24-19-13-15(21)5-10-18(19)22)23-16-6-8-17(9-7-16)25-11-3-2-4-12-25/h5-10,13-14,23H,2-4,11-12H2,1H3,(H,24,26). The molecule has 26 heavy (non-hydrogen) atoms. The van der Waals surface area contributed by atoms with Crippen molar-refractivity contribution in [3.8, 4) is 0 Å². The van der Waals surface area contributed by atoms with Crippen LogP contribution in [0.15, 0.2) is 42.5 Å². The van der Waals surface area contributed by atoms with E-state index < -0.39 is 23.6 Å². The maximum atomic E-state index is 13.6. The van der Waals surface area contributed by atoms with E-state index in [1.165, 1.54) is 24.9 Å². The minimum atomic E-state index is -0.669. The molecule has 1 heterocycles. The van der Waals surface area contributed by atoms with E-state index in [0.717, 1.165) is 37.0 Å². The Labute approximate surface area is 152 Å². The van der Waals surface area contributed by atoms with Gasteiger partial charge in [0.15, 0.2) is 0 Å². The molecule has 138 valence electrons. The van der Waals surface area contributed by atoms with Gasteiger partial charge in [-0.1, -0.05) is 0 Å². The van der Waals surface area contributed by atoms with Crippen molar-refractivity contribution >= 4 is 23.0 Å². The molecule has 1 saturated heterocycles. The molecule has 0 bridgehead atoms. The van der Waals surface area contributed by atoms with Gasteiger partial charge in [0, 0.05) is 30.5 Å². The van der Waals surface area contributed by atoms with Crippen molar-refractivity contribution in [2.45, 2.75) is 32.2 Å². The van der Waals surface area contributed by atoms with Gasteiger partial charge in [0.1, 0.15) is 17.7 Å². The zero-order valence-corrected chi connectivity index (χ0v) is 14.8. The average Bonchev–Trinajstić information content (AvgIpc) is 2.66. The molecule has 1 fully saturated rings. The van der Waals surface area contributed by atoms with Gasteiger partial charge in [-0.15, -0.1) is 0 Å². The molecule has 6 heteroatoms. The molecule has 1 amide bonds. The second kappa shape index (κ2) is 8.17. The van der Waals surface area contributed by atoms with E-state index in [1.54, 1.807) is 6.92 Å². The second-order valence-corrected chi connectivity index (χ2v) is 6.57. The van der Waals surface area contributed by atoms with Crippen LogP contribution in [-0.4, -0.2) is 25.0 Å². The van der Waals surface area contributed by atoms with Crippen molar-refractivity contribution in [2.24, 2.45) is 0 Å². The van der Waals surface area contributed by atoms with Crippen molar-refractivity contribution < 1.29 is 13.6 Å². The molecule has 4 nitrogen and oxygen atoms in total. The van der Waals surface area contributed by atoms with Gasteiger partial charge in [0.2, 0.25) is 5.91 Å². The number of hydrogen-bond acceptors (Lipinski definition) is 3. The van der Waals surface area contributed by atoms with Gasteiger partial charge in [0.25, 0.3) is 0 Å². The quantitative estimate of drug-likeness (QED) is 0.832. The summed E-state index contributed by atoms with van der Waals surface area (Å²) < 4.78 is 26.8. The molecule has 0 radical (unpaired) electrons. The van der Waals surface area contributed by atoms with Crippen molar-refractivity contribution in [3.63, 3.8) is 0 Å². The fraction of sp³-hybridized carbons (Fsp3) is 0.350. The third kappa shape index (κ3) is 4.50. The maximum Gasteiger partial charge on any atom is 0.246 e. The highest BCUT2D eigenvalue weighted by Crippen LogP contribution is 2.22. The molecule has 0 aliphatic carbocycles. The zero-order chi connectivity index (χ0) is 18.5. The van der Waals surface area contributed by atoms with Gasteiger partial charge in [0.05, 0.1) is 5.69 Å². The van der Waals surface area contributed by atoms with E-state index in [-0.39, 0.29) is 5.69 Å². The first kappa shape index (κ1) is 18.2.